The Bertz CT molecular complexity index is 2190. The molecule has 0 atom stereocenters. The van der Waals surface area contributed by atoms with Crippen molar-refractivity contribution in [3.05, 3.63) is 101 Å². The van der Waals surface area contributed by atoms with Crippen molar-refractivity contribution in [2.24, 2.45) is 0 Å². The van der Waals surface area contributed by atoms with Crippen LogP contribution in [0.15, 0.2) is 72.8 Å². The number of H-pyrrole nitrogens is 2. The molecule has 0 bridgehead atoms. The fraction of sp³-hybridized carbons (Fsp3) is 0.286. The summed E-state index contributed by atoms with van der Waals surface area (Å²) in [6, 6.07) is 28.4. The highest BCUT2D eigenvalue weighted by Crippen LogP contribution is 2.38. The molecule has 4 heteroatoms. The quantitative estimate of drug-likeness (QED) is 0.194. The van der Waals surface area contributed by atoms with Crippen LogP contribution in [0.4, 0.5) is 11.4 Å². The highest BCUT2D eigenvalue weighted by molar-refractivity contribution is 6.98. The third-order valence-corrected chi connectivity index (χ3v) is 10.6. The number of benzene rings is 5. The van der Waals surface area contributed by atoms with Crippen LogP contribution in [0.25, 0.3) is 43.6 Å². The van der Waals surface area contributed by atoms with E-state index in [2.05, 4.69) is 150 Å². The maximum Gasteiger partial charge on any atom is 0.247 e. The van der Waals surface area contributed by atoms with Gasteiger partial charge in [0.1, 0.15) is 0 Å². The first-order valence-corrected chi connectivity index (χ1v) is 17.0. The van der Waals surface area contributed by atoms with E-state index in [1.54, 1.807) is 0 Å². The van der Waals surface area contributed by atoms with Crippen molar-refractivity contribution >= 4 is 78.1 Å². The third-order valence-electron chi connectivity index (χ3n) is 10.6. The van der Waals surface area contributed by atoms with Gasteiger partial charge >= 0.3 is 0 Å². The standard InChI is InChI=1S/C42H44BN3/c1-22(2)27-16-28(23(3)4)42(29(17-27)24(5)6)43-34-20-38-32(30-14-25(7)10-12-36(30)44-38)18-40(34)46(9)41-19-33-31-15-26(8)11-13-37(31)45-39(33)21-35(41)43/h10-24,44-45H,1-9H3. The van der Waals surface area contributed by atoms with Gasteiger partial charge in [-0.15, -0.1) is 0 Å². The second-order valence-corrected chi connectivity index (χ2v) is 14.8. The molecule has 1 aliphatic rings. The van der Waals surface area contributed by atoms with Crippen molar-refractivity contribution in [2.45, 2.75) is 73.1 Å². The predicted octanol–water partition coefficient (Wildman–Crippen LogP) is 9.54. The second-order valence-electron chi connectivity index (χ2n) is 14.8. The molecule has 0 aliphatic carbocycles. The summed E-state index contributed by atoms with van der Waals surface area (Å²) in [4.78, 5) is 10.0. The highest BCUT2D eigenvalue weighted by Gasteiger charge is 2.38. The molecule has 0 fully saturated rings. The topological polar surface area (TPSA) is 34.8 Å². The van der Waals surface area contributed by atoms with Crippen LogP contribution in [0, 0.1) is 13.8 Å². The highest BCUT2D eigenvalue weighted by atomic mass is 15.1. The summed E-state index contributed by atoms with van der Waals surface area (Å²) in [5, 5.41) is 5.17. The zero-order chi connectivity index (χ0) is 32.2. The van der Waals surface area contributed by atoms with Crippen molar-refractivity contribution < 1.29 is 0 Å². The molecule has 0 spiro atoms. The summed E-state index contributed by atoms with van der Waals surface area (Å²) < 4.78 is 0. The molecule has 8 rings (SSSR count). The molecule has 1 aliphatic heterocycles. The number of anilines is 2. The lowest BCUT2D eigenvalue weighted by Crippen LogP contribution is -2.59. The van der Waals surface area contributed by atoms with E-state index >= 15 is 0 Å². The molecule has 0 saturated carbocycles. The number of fused-ring (bicyclic) bond motifs is 8. The smallest absolute Gasteiger partial charge is 0.247 e. The SMILES string of the molecule is Cc1ccc2[nH]c3cc4c(cc3c2c1)N(C)c1cc2c(cc1B4c1c(C(C)C)cc(C(C)C)cc1C(C)C)[nH]c1ccc(C)cc12. The summed E-state index contributed by atoms with van der Waals surface area (Å²) >= 11 is 0. The molecule has 0 saturated heterocycles. The first-order chi connectivity index (χ1) is 22.0. The number of hydrogen-bond donors (Lipinski definition) is 2. The van der Waals surface area contributed by atoms with E-state index in [4.69, 9.17) is 0 Å². The molecule has 2 N–H and O–H groups in total. The summed E-state index contributed by atoms with van der Waals surface area (Å²) in [7, 11) is 2.26. The molecule has 0 amide bonds. The monoisotopic (exact) mass is 601 g/mol. The summed E-state index contributed by atoms with van der Waals surface area (Å²) in [5.74, 6) is 1.28. The van der Waals surface area contributed by atoms with Crippen molar-refractivity contribution in [1.29, 1.82) is 0 Å². The maximum atomic E-state index is 3.79. The minimum absolute atomic E-state index is 0.104. The largest absolute Gasteiger partial charge is 0.355 e. The second kappa shape index (κ2) is 10.3. The van der Waals surface area contributed by atoms with Gasteiger partial charge in [0.15, 0.2) is 0 Å². The minimum Gasteiger partial charge on any atom is -0.355 e. The van der Waals surface area contributed by atoms with Gasteiger partial charge in [-0.25, -0.2) is 0 Å². The zero-order valence-corrected chi connectivity index (χ0v) is 28.7. The van der Waals surface area contributed by atoms with Gasteiger partial charge in [0.2, 0.25) is 6.71 Å². The van der Waals surface area contributed by atoms with E-state index in [9.17, 15) is 0 Å². The van der Waals surface area contributed by atoms with Gasteiger partial charge in [-0.1, -0.05) is 82.4 Å². The normalized spacial score (nSPS) is 13.4. The van der Waals surface area contributed by atoms with Crippen molar-refractivity contribution in [1.82, 2.24) is 9.97 Å². The van der Waals surface area contributed by atoms with Gasteiger partial charge in [0, 0.05) is 62.0 Å². The van der Waals surface area contributed by atoms with Crippen molar-refractivity contribution in [3.63, 3.8) is 0 Å². The molecule has 3 nitrogen and oxygen atoms in total. The molecular weight excluding hydrogens is 557 g/mol. The Kier molecular flexibility index (Phi) is 6.49. The molecular formula is C42H44BN3. The number of aryl methyl sites for hydroxylation is 2. The Balaban J connectivity index is 1.51. The number of rotatable bonds is 4. The Morgan fingerprint density at radius 3 is 1.37 bits per heavy atom. The molecule has 2 aromatic heterocycles. The van der Waals surface area contributed by atoms with Crippen LogP contribution in [0.2, 0.25) is 0 Å². The third kappa shape index (κ3) is 4.26. The summed E-state index contributed by atoms with van der Waals surface area (Å²) in [6.45, 7) is 18.6. The number of nitrogens with one attached hydrogen (secondary N) is 2. The molecule has 0 unspecified atom stereocenters. The van der Waals surface area contributed by atoms with E-state index < -0.39 is 0 Å². The Labute approximate surface area is 273 Å². The fourth-order valence-electron chi connectivity index (χ4n) is 8.13. The first-order valence-electron chi connectivity index (χ1n) is 17.0. The van der Waals surface area contributed by atoms with E-state index in [1.165, 1.54) is 99.2 Å². The minimum atomic E-state index is 0.104. The summed E-state index contributed by atoms with van der Waals surface area (Å²) in [5.41, 5.74) is 18.6. The Hall–Kier alpha value is -4.44. The van der Waals surface area contributed by atoms with Gasteiger partial charge in [-0.2, -0.15) is 0 Å². The lowest BCUT2D eigenvalue weighted by atomic mass is 9.33. The lowest BCUT2D eigenvalue weighted by molar-refractivity contribution is 0.812. The number of aromatic nitrogens is 2. The molecule has 0 radical (unpaired) electrons. The molecule has 7 aromatic rings. The molecule has 46 heavy (non-hydrogen) atoms. The van der Waals surface area contributed by atoms with Gasteiger partial charge in [0.25, 0.3) is 0 Å². The lowest BCUT2D eigenvalue weighted by Gasteiger charge is -2.37. The van der Waals surface area contributed by atoms with Gasteiger partial charge in [0.05, 0.1) is 0 Å². The van der Waals surface area contributed by atoms with E-state index in [-0.39, 0.29) is 6.71 Å². The zero-order valence-electron chi connectivity index (χ0n) is 28.7. The maximum absolute atomic E-state index is 3.79. The van der Waals surface area contributed by atoms with E-state index in [0.717, 1.165) is 0 Å². The van der Waals surface area contributed by atoms with Crippen LogP contribution in [-0.4, -0.2) is 23.7 Å². The Morgan fingerprint density at radius 1 is 0.522 bits per heavy atom. The van der Waals surface area contributed by atoms with Gasteiger partial charge < -0.3 is 14.9 Å². The van der Waals surface area contributed by atoms with Crippen LogP contribution >= 0.6 is 0 Å². The first kappa shape index (κ1) is 29.0. The average Bonchev–Trinajstić information content (AvgIpc) is 3.55. The fourth-order valence-corrected chi connectivity index (χ4v) is 8.13. The van der Waals surface area contributed by atoms with Crippen LogP contribution in [0.3, 0.4) is 0 Å². The van der Waals surface area contributed by atoms with E-state index in [1.807, 2.05) is 0 Å². The van der Waals surface area contributed by atoms with Crippen LogP contribution in [-0.2, 0) is 0 Å². The van der Waals surface area contributed by atoms with Crippen molar-refractivity contribution in [2.75, 3.05) is 11.9 Å². The Morgan fingerprint density at radius 2 is 0.957 bits per heavy atom. The van der Waals surface area contributed by atoms with Gasteiger partial charge in [-0.3, -0.25) is 0 Å². The van der Waals surface area contributed by atoms with E-state index in [0.29, 0.717) is 17.8 Å². The number of nitrogens with zero attached hydrogens (tertiary/aromatic N) is 1. The number of aromatic amines is 2. The van der Waals surface area contributed by atoms with Crippen LogP contribution in [0.1, 0.15) is 87.1 Å². The molecule has 230 valence electrons. The van der Waals surface area contributed by atoms with Crippen molar-refractivity contribution in [3.8, 4) is 0 Å². The van der Waals surface area contributed by atoms with Crippen LogP contribution in [0.5, 0.6) is 0 Å². The molecule has 5 aromatic carbocycles. The summed E-state index contributed by atoms with van der Waals surface area (Å²) in [6.07, 6.45) is 0. The number of hydrogen-bond acceptors (Lipinski definition) is 1. The molecule has 3 heterocycles. The van der Waals surface area contributed by atoms with Crippen LogP contribution < -0.4 is 21.3 Å². The average molecular weight is 602 g/mol. The predicted molar refractivity (Wildman–Crippen MR) is 203 cm³/mol. The van der Waals surface area contributed by atoms with Gasteiger partial charge in [-0.05, 0) is 108 Å².